The quantitative estimate of drug-likeness (QED) is 0.524. The van der Waals surface area contributed by atoms with E-state index in [1.54, 1.807) is 24.3 Å². The third kappa shape index (κ3) is 8.16. The van der Waals surface area contributed by atoms with Gasteiger partial charge in [0.2, 0.25) is 21.8 Å². The Balaban J connectivity index is 2.43. The van der Waals surface area contributed by atoms with Gasteiger partial charge in [-0.2, -0.15) is 0 Å². The first kappa shape index (κ1) is 26.9. The van der Waals surface area contributed by atoms with Crippen LogP contribution in [0.15, 0.2) is 59.1 Å². The zero-order chi connectivity index (χ0) is 24.8. The summed E-state index contributed by atoms with van der Waals surface area (Å²) in [5, 5.41) is 2.94. The molecule has 0 aliphatic heterocycles. The van der Waals surface area contributed by atoms with E-state index in [4.69, 9.17) is 0 Å². The number of sulfonamides is 1. The number of rotatable bonds is 9. The molecule has 0 aromatic heterocycles. The number of carbonyl (C=O) groups excluding carboxylic acids is 2. The molecule has 0 bridgehead atoms. The molecule has 7 nitrogen and oxygen atoms in total. The number of carbonyl (C=O) groups is 2. The van der Waals surface area contributed by atoms with Crippen LogP contribution in [0.3, 0.4) is 0 Å². The second-order valence-electron chi connectivity index (χ2n) is 8.92. The lowest BCUT2D eigenvalue weighted by Gasteiger charge is -2.34. The highest BCUT2D eigenvalue weighted by Gasteiger charge is 2.33. The maximum Gasteiger partial charge on any atom is 0.244 e. The number of hydrogen-bond acceptors (Lipinski definition) is 4. The molecule has 9 heteroatoms. The SMILES string of the molecule is CC[C@@H](C(=O)NC(C)(C)C)N(Cc1ccccc1)C(=O)CN(c1cccc(Br)c1)S(C)(=O)=O. The van der Waals surface area contributed by atoms with Crippen molar-refractivity contribution in [2.75, 3.05) is 17.1 Å². The molecule has 0 aliphatic carbocycles. The smallest absolute Gasteiger partial charge is 0.244 e. The number of nitrogens with one attached hydrogen (secondary N) is 1. The lowest BCUT2D eigenvalue weighted by atomic mass is 10.1. The maximum absolute atomic E-state index is 13.6. The predicted molar refractivity (Wildman–Crippen MR) is 135 cm³/mol. The summed E-state index contributed by atoms with van der Waals surface area (Å²) < 4.78 is 26.9. The van der Waals surface area contributed by atoms with E-state index in [-0.39, 0.29) is 12.5 Å². The third-order valence-corrected chi connectivity index (χ3v) is 6.49. The number of nitrogens with zero attached hydrogens (tertiary/aromatic N) is 2. The van der Waals surface area contributed by atoms with Crippen LogP contribution in [0.2, 0.25) is 0 Å². The van der Waals surface area contributed by atoms with Crippen molar-refractivity contribution in [3.05, 3.63) is 64.6 Å². The van der Waals surface area contributed by atoms with Crippen LogP contribution in [0.5, 0.6) is 0 Å². The van der Waals surface area contributed by atoms with E-state index in [0.717, 1.165) is 16.1 Å². The molecule has 180 valence electrons. The molecule has 33 heavy (non-hydrogen) atoms. The summed E-state index contributed by atoms with van der Waals surface area (Å²) in [7, 11) is -3.75. The Kier molecular flexibility index (Phi) is 9.08. The van der Waals surface area contributed by atoms with Gasteiger partial charge in [-0.1, -0.05) is 59.3 Å². The molecule has 0 saturated carbocycles. The van der Waals surface area contributed by atoms with E-state index in [2.05, 4.69) is 21.2 Å². The van der Waals surface area contributed by atoms with Crippen LogP contribution in [0, 0.1) is 0 Å². The van der Waals surface area contributed by atoms with E-state index < -0.39 is 34.1 Å². The van der Waals surface area contributed by atoms with Gasteiger partial charge in [0, 0.05) is 16.6 Å². The summed E-state index contributed by atoms with van der Waals surface area (Å²) in [6.07, 6.45) is 1.45. The van der Waals surface area contributed by atoms with Gasteiger partial charge in [0.15, 0.2) is 0 Å². The highest BCUT2D eigenvalue weighted by Crippen LogP contribution is 2.23. The van der Waals surface area contributed by atoms with Gasteiger partial charge in [-0.3, -0.25) is 13.9 Å². The van der Waals surface area contributed by atoms with E-state index in [0.29, 0.717) is 16.6 Å². The fraction of sp³-hybridized carbons (Fsp3) is 0.417. The third-order valence-electron chi connectivity index (χ3n) is 4.86. The Hall–Kier alpha value is -2.39. The largest absolute Gasteiger partial charge is 0.350 e. The Morgan fingerprint density at radius 2 is 1.70 bits per heavy atom. The first-order chi connectivity index (χ1) is 15.3. The van der Waals surface area contributed by atoms with Crippen LogP contribution in [-0.2, 0) is 26.2 Å². The standard InChI is InChI=1S/C24H32BrN3O4S/c1-6-21(23(30)26-24(2,3)4)27(16-18-11-8-7-9-12-18)22(29)17-28(33(5,31)32)20-14-10-13-19(25)15-20/h7-15,21H,6,16-17H2,1-5H3,(H,26,30)/t21-/m0/s1. The van der Waals surface area contributed by atoms with Crippen molar-refractivity contribution < 1.29 is 18.0 Å². The van der Waals surface area contributed by atoms with Gasteiger partial charge in [0.25, 0.3) is 0 Å². The molecule has 0 fully saturated rings. The first-order valence-electron chi connectivity index (χ1n) is 10.7. The van der Waals surface area contributed by atoms with Crippen LogP contribution >= 0.6 is 15.9 Å². The minimum Gasteiger partial charge on any atom is -0.350 e. The van der Waals surface area contributed by atoms with Crippen LogP contribution in [0.4, 0.5) is 5.69 Å². The summed E-state index contributed by atoms with van der Waals surface area (Å²) in [5.41, 5.74) is 0.745. The number of amides is 2. The number of halogens is 1. The van der Waals surface area contributed by atoms with Gasteiger partial charge in [-0.15, -0.1) is 0 Å². The number of anilines is 1. The van der Waals surface area contributed by atoms with Gasteiger partial charge in [0.1, 0.15) is 12.6 Å². The predicted octanol–water partition coefficient (Wildman–Crippen LogP) is 3.94. The van der Waals surface area contributed by atoms with Gasteiger partial charge in [-0.25, -0.2) is 8.42 Å². The Labute approximate surface area is 205 Å². The van der Waals surface area contributed by atoms with Crippen LogP contribution in [0.25, 0.3) is 0 Å². The van der Waals surface area contributed by atoms with Crippen LogP contribution in [0.1, 0.15) is 39.7 Å². The molecule has 0 heterocycles. The first-order valence-corrected chi connectivity index (χ1v) is 13.3. The average molecular weight is 539 g/mol. The van der Waals surface area contributed by atoms with E-state index in [1.807, 2.05) is 58.0 Å². The van der Waals surface area contributed by atoms with Crippen molar-refractivity contribution in [2.45, 2.75) is 52.2 Å². The molecule has 1 atom stereocenters. The normalized spacial score (nSPS) is 12.7. The summed E-state index contributed by atoms with van der Waals surface area (Å²) in [6.45, 7) is 7.23. The molecule has 1 N–H and O–H groups in total. The van der Waals surface area contributed by atoms with E-state index in [9.17, 15) is 18.0 Å². The fourth-order valence-electron chi connectivity index (χ4n) is 3.40. The van der Waals surface area contributed by atoms with E-state index >= 15 is 0 Å². The van der Waals surface area contributed by atoms with Gasteiger partial charge >= 0.3 is 0 Å². The molecule has 0 saturated heterocycles. The van der Waals surface area contributed by atoms with Crippen molar-refractivity contribution in [1.82, 2.24) is 10.2 Å². The monoisotopic (exact) mass is 537 g/mol. The summed E-state index contributed by atoms with van der Waals surface area (Å²) >= 11 is 3.35. The highest BCUT2D eigenvalue weighted by molar-refractivity contribution is 9.10. The van der Waals surface area contributed by atoms with Gasteiger partial charge < -0.3 is 10.2 Å². The molecular weight excluding hydrogens is 506 g/mol. The Morgan fingerprint density at radius 1 is 1.06 bits per heavy atom. The van der Waals surface area contributed by atoms with Gasteiger partial charge in [0.05, 0.1) is 11.9 Å². The Bertz CT molecular complexity index is 1070. The molecule has 0 radical (unpaired) electrons. The zero-order valence-corrected chi connectivity index (χ0v) is 22.1. The highest BCUT2D eigenvalue weighted by atomic mass is 79.9. The molecule has 2 aromatic carbocycles. The van der Waals surface area contributed by atoms with Gasteiger partial charge in [-0.05, 0) is 51.0 Å². The number of benzene rings is 2. The van der Waals surface area contributed by atoms with Crippen molar-refractivity contribution in [1.29, 1.82) is 0 Å². The lowest BCUT2D eigenvalue weighted by Crippen LogP contribution is -2.55. The minimum absolute atomic E-state index is 0.186. The Morgan fingerprint density at radius 3 is 2.21 bits per heavy atom. The van der Waals surface area contributed by atoms with Crippen LogP contribution < -0.4 is 9.62 Å². The van der Waals surface area contributed by atoms with Crippen molar-refractivity contribution in [2.24, 2.45) is 0 Å². The maximum atomic E-state index is 13.6. The van der Waals surface area contributed by atoms with Crippen molar-refractivity contribution >= 4 is 43.5 Å². The second-order valence-corrected chi connectivity index (χ2v) is 11.7. The molecule has 2 amide bonds. The van der Waals surface area contributed by atoms with Crippen molar-refractivity contribution in [3.63, 3.8) is 0 Å². The molecular formula is C24H32BrN3O4S. The summed E-state index contributed by atoms with van der Waals surface area (Å²) in [4.78, 5) is 28.1. The molecule has 0 unspecified atom stereocenters. The average Bonchev–Trinajstić information content (AvgIpc) is 2.70. The van der Waals surface area contributed by atoms with Crippen molar-refractivity contribution in [3.8, 4) is 0 Å². The van der Waals surface area contributed by atoms with Crippen LogP contribution in [-0.4, -0.2) is 49.5 Å². The number of hydrogen-bond donors (Lipinski definition) is 1. The second kappa shape index (κ2) is 11.2. The minimum atomic E-state index is -3.75. The molecule has 0 spiro atoms. The zero-order valence-electron chi connectivity index (χ0n) is 19.7. The van der Waals surface area contributed by atoms with E-state index in [1.165, 1.54) is 4.90 Å². The molecule has 0 aliphatic rings. The summed E-state index contributed by atoms with van der Waals surface area (Å²) in [6, 6.07) is 15.3. The molecule has 2 rings (SSSR count). The fourth-order valence-corrected chi connectivity index (χ4v) is 4.63. The lowest BCUT2D eigenvalue weighted by molar-refractivity contribution is -0.141. The topological polar surface area (TPSA) is 86.8 Å². The summed E-state index contributed by atoms with van der Waals surface area (Å²) in [5.74, 6) is -0.734. The molecule has 2 aromatic rings.